The third kappa shape index (κ3) is 13.0. The molecule has 0 bridgehead atoms. The molecule has 0 aliphatic rings. The maximum Gasteiger partial charge on any atom is 0.550 e. The van der Waals surface area contributed by atoms with Gasteiger partial charge in [0, 0.05) is 11.8 Å². The largest absolute Gasteiger partial charge is 0.550 e. The molecule has 6 atom stereocenters. The van der Waals surface area contributed by atoms with Crippen molar-refractivity contribution < 1.29 is 28.8 Å². The van der Waals surface area contributed by atoms with E-state index in [1.807, 2.05) is 0 Å². The smallest absolute Gasteiger partial charge is 0.428 e. The molecule has 0 amide bonds. The molecule has 0 N–H and O–H groups in total. The van der Waals surface area contributed by atoms with Crippen LogP contribution in [0.4, 0.5) is 9.59 Å². The quantitative estimate of drug-likeness (QED) is 0.148. The van der Waals surface area contributed by atoms with E-state index in [9.17, 15) is 9.59 Å². The molecule has 0 aromatic rings. The normalized spacial score (nSPS) is 18.0. The van der Waals surface area contributed by atoms with Gasteiger partial charge in [-0.2, -0.15) is 19.4 Å². The van der Waals surface area contributed by atoms with Crippen molar-refractivity contribution in [1.82, 2.24) is 0 Å². The summed E-state index contributed by atoms with van der Waals surface area (Å²) in [6.45, 7) is 38.8. The van der Waals surface area contributed by atoms with E-state index in [2.05, 4.69) is 125 Å². The Bertz CT molecular complexity index is 706. The van der Waals surface area contributed by atoms with Crippen LogP contribution in [0.1, 0.15) is 137 Å². The lowest BCUT2D eigenvalue weighted by molar-refractivity contribution is -0.236. The van der Waals surface area contributed by atoms with Crippen LogP contribution in [0, 0.1) is 57.2 Å². The number of carbonyl (C=O) groups is 2. The summed E-state index contributed by atoms with van der Waals surface area (Å²) in [7, 11) is 0. The van der Waals surface area contributed by atoms with Crippen LogP contribution in [0.5, 0.6) is 0 Å². The third-order valence-corrected chi connectivity index (χ3v) is 8.83. The minimum atomic E-state index is -1.02. The Morgan fingerprint density at radius 2 is 0.725 bits per heavy atom. The van der Waals surface area contributed by atoms with E-state index >= 15 is 0 Å². The second-order valence-corrected chi connectivity index (χ2v) is 17.3. The number of carbonyl (C=O) groups excluding carboxylic acids is 2. The van der Waals surface area contributed by atoms with E-state index in [-0.39, 0.29) is 45.3 Å². The standard InChI is InChI=1S/C34H66O6/c1-21(2)19-25(33(13,14)15)27(23(5)31(7,8)9)37-29(35)39-40-30(36)38-28(24(6)32(10,11)12)26(20-22(3)4)34(16,17)18/h21-28H,19-20H2,1-18H3. The summed E-state index contributed by atoms with van der Waals surface area (Å²) >= 11 is 0. The van der Waals surface area contributed by atoms with Crippen molar-refractivity contribution in [1.29, 1.82) is 0 Å². The molecule has 0 fully saturated rings. The van der Waals surface area contributed by atoms with E-state index in [1.54, 1.807) is 0 Å². The lowest BCUT2D eigenvalue weighted by Crippen LogP contribution is -2.45. The third-order valence-electron chi connectivity index (χ3n) is 8.83. The van der Waals surface area contributed by atoms with Crippen LogP contribution in [0.25, 0.3) is 0 Å². The molecule has 0 aromatic heterocycles. The Morgan fingerprint density at radius 3 is 0.900 bits per heavy atom. The zero-order valence-corrected chi connectivity index (χ0v) is 29.5. The van der Waals surface area contributed by atoms with E-state index in [1.165, 1.54) is 0 Å². The van der Waals surface area contributed by atoms with Gasteiger partial charge in [0.05, 0.1) is 0 Å². The minimum absolute atomic E-state index is 0.0376. The molecule has 0 aliphatic heterocycles. The van der Waals surface area contributed by atoms with Crippen LogP contribution in [-0.2, 0) is 19.2 Å². The maximum atomic E-state index is 12.9. The first-order chi connectivity index (χ1) is 17.7. The molecule has 0 heterocycles. The summed E-state index contributed by atoms with van der Waals surface area (Å²) < 4.78 is 11.9. The van der Waals surface area contributed by atoms with Crippen molar-refractivity contribution in [3.63, 3.8) is 0 Å². The van der Waals surface area contributed by atoms with Crippen molar-refractivity contribution in [2.45, 2.75) is 150 Å². The molecule has 0 spiro atoms. The van der Waals surface area contributed by atoms with Gasteiger partial charge in [0.1, 0.15) is 12.2 Å². The van der Waals surface area contributed by atoms with Crippen LogP contribution >= 0.6 is 0 Å². The highest BCUT2D eigenvalue weighted by molar-refractivity contribution is 5.64. The molecule has 6 nitrogen and oxygen atoms in total. The highest BCUT2D eigenvalue weighted by Gasteiger charge is 2.44. The van der Waals surface area contributed by atoms with Gasteiger partial charge in [0.15, 0.2) is 0 Å². The van der Waals surface area contributed by atoms with E-state index in [0.29, 0.717) is 11.8 Å². The molecular weight excluding hydrogens is 504 g/mol. The molecular formula is C34H66O6. The summed E-state index contributed by atoms with van der Waals surface area (Å²) in [6, 6.07) is 0. The van der Waals surface area contributed by atoms with Gasteiger partial charge >= 0.3 is 12.3 Å². The van der Waals surface area contributed by atoms with E-state index in [0.717, 1.165) is 12.8 Å². The van der Waals surface area contributed by atoms with Gasteiger partial charge in [-0.1, -0.05) is 125 Å². The fourth-order valence-electron chi connectivity index (χ4n) is 5.36. The van der Waals surface area contributed by atoms with Crippen LogP contribution in [0.3, 0.4) is 0 Å². The molecule has 238 valence electrons. The van der Waals surface area contributed by atoms with Gasteiger partial charge in [-0.05, 0) is 58.2 Å². The zero-order valence-electron chi connectivity index (χ0n) is 29.5. The Kier molecular flexibility index (Phi) is 14.1. The first-order valence-corrected chi connectivity index (χ1v) is 15.4. The van der Waals surface area contributed by atoms with Crippen LogP contribution < -0.4 is 0 Å². The second-order valence-electron chi connectivity index (χ2n) is 17.3. The van der Waals surface area contributed by atoms with Gasteiger partial charge in [0.2, 0.25) is 0 Å². The van der Waals surface area contributed by atoms with Crippen molar-refractivity contribution in [3.8, 4) is 0 Å². The lowest BCUT2D eigenvalue weighted by atomic mass is 9.66. The molecule has 0 aliphatic carbocycles. The van der Waals surface area contributed by atoms with E-state index < -0.39 is 24.5 Å². The summed E-state index contributed by atoms with van der Waals surface area (Å²) in [5.74, 6) is 1.09. The Balaban J connectivity index is 5.89. The van der Waals surface area contributed by atoms with Gasteiger partial charge in [-0.3, -0.25) is 0 Å². The Hall–Kier alpha value is -1.46. The molecule has 0 aromatic carbocycles. The molecule has 6 heteroatoms. The SMILES string of the molecule is CC(C)CC(C(OC(=O)OOC(=O)OC(C(C)C(C)(C)C)C(CC(C)C)C(C)(C)C)C(C)C(C)(C)C)C(C)(C)C. The van der Waals surface area contributed by atoms with Crippen molar-refractivity contribution in [2.24, 2.45) is 57.2 Å². The lowest BCUT2D eigenvalue weighted by Gasteiger charge is -2.44. The number of ether oxygens (including phenoxy) is 2. The molecule has 0 radical (unpaired) electrons. The summed E-state index contributed by atoms with van der Waals surface area (Å²) in [6.07, 6.45) is -1.10. The van der Waals surface area contributed by atoms with Crippen molar-refractivity contribution in [2.75, 3.05) is 0 Å². The molecule has 40 heavy (non-hydrogen) atoms. The first kappa shape index (κ1) is 38.5. The van der Waals surface area contributed by atoms with Gasteiger partial charge < -0.3 is 9.47 Å². The zero-order chi connectivity index (χ0) is 32.0. The van der Waals surface area contributed by atoms with E-state index in [4.69, 9.17) is 19.2 Å². The molecule has 0 saturated heterocycles. The van der Waals surface area contributed by atoms with Crippen molar-refractivity contribution >= 4 is 12.3 Å². The summed E-state index contributed by atoms with van der Waals surface area (Å²) in [5.41, 5.74) is -0.438. The van der Waals surface area contributed by atoms with Crippen LogP contribution in [-0.4, -0.2) is 24.5 Å². The number of rotatable bonds is 10. The molecule has 0 saturated carbocycles. The highest BCUT2D eigenvalue weighted by atomic mass is 17.3. The van der Waals surface area contributed by atoms with Gasteiger partial charge in [-0.25, -0.2) is 0 Å². The topological polar surface area (TPSA) is 71.1 Å². The van der Waals surface area contributed by atoms with Crippen molar-refractivity contribution in [3.05, 3.63) is 0 Å². The average molecular weight is 571 g/mol. The van der Waals surface area contributed by atoms with Gasteiger partial charge in [0.25, 0.3) is 0 Å². The highest BCUT2D eigenvalue weighted by Crippen LogP contribution is 2.44. The number of hydrogen-bond acceptors (Lipinski definition) is 6. The summed E-state index contributed by atoms with van der Waals surface area (Å²) in [5, 5.41) is 0. The predicted octanol–water partition coefficient (Wildman–Crippen LogP) is 10.7. The number of hydrogen-bond donors (Lipinski definition) is 0. The van der Waals surface area contributed by atoms with Crippen LogP contribution in [0.15, 0.2) is 0 Å². The Morgan fingerprint density at radius 1 is 0.475 bits per heavy atom. The van der Waals surface area contributed by atoms with Crippen LogP contribution in [0.2, 0.25) is 0 Å². The minimum Gasteiger partial charge on any atom is -0.428 e. The molecule has 6 unspecified atom stereocenters. The monoisotopic (exact) mass is 570 g/mol. The average Bonchev–Trinajstić information content (AvgIpc) is 2.73. The van der Waals surface area contributed by atoms with Gasteiger partial charge in [-0.15, -0.1) is 0 Å². The predicted molar refractivity (Wildman–Crippen MR) is 165 cm³/mol. The first-order valence-electron chi connectivity index (χ1n) is 15.4. The fourth-order valence-corrected chi connectivity index (χ4v) is 5.36. The second kappa shape index (κ2) is 14.6. The maximum absolute atomic E-state index is 12.9. The fraction of sp³-hybridized carbons (Fsp3) is 0.941. The molecule has 0 rings (SSSR count). The summed E-state index contributed by atoms with van der Waals surface area (Å²) in [4.78, 5) is 35.8. The Labute approximate surface area is 247 Å².